The number of ether oxygens (including phenoxy) is 2. The molecule has 0 aliphatic heterocycles. The minimum Gasteiger partial charge on any atom is -0.465 e. The maximum atomic E-state index is 11.6. The van der Waals surface area contributed by atoms with E-state index in [1.165, 1.54) is 7.11 Å². The Hall–Kier alpha value is -1.35. The fraction of sp³-hybridized carbons (Fsp3) is 0.500. The van der Waals surface area contributed by atoms with E-state index in [9.17, 15) is 4.79 Å². The smallest absolute Gasteiger partial charge is 0.338 e. The highest BCUT2D eigenvalue weighted by molar-refractivity contribution is 5.91. The van der Waals surface area contributed by atoms with Gasteiger partial charge in [-0.1, -0.05) is 6.07 Å². The molecule has 0 aliphatic carbocycles. The summed E-state index contributed by atoms with van der Waals surface area (Å²) in [5.74, 6) is -0.265. The first-order valence-corrected chi connectivity index (χ1v) is 5.77. The molecule has 3 heteroatoms. The molecule has 3 nitrogen and oxygen atoms in total. The minimum atomic E-state index is -0.265. The quantitative estimate of drug-likeness (QED) is 0.582. The highest BCUT2D eigenvalue weighted by Gasteiger charge is 2.12. The monoisotopic (exact) mass is 236 g/mol. The molecule has 0 N–H and O–H groups in total. The molecule has 0 unspecified atom stereocenters. The average molecular weight is 236 g/mol. The standard InChI is InChI=1S/C14H20O3/c1-10-8-12(6-5-7-16-3)9-13(11(10)2)14(15)17-4/h8-9H,5-7H2,1-4H3. The first kappa shape index (κ1) is 13.7. The predicted octanol–water partition coefficient (Wildman–Crippen LogP) is 2.67. The molecule has 94 valence electrons. The highest BCUT2D eigenvalue weighted by Crippen LogP contribution is 2.18. The van der Waals surface area contributed by atoms with Gasteiger partial charge in [0.1, 0.15) is 0 Å². The van der Waals surface area contributed by atoms with E-state index in [1.807, 2.05) is 19.9 Å². The van der Waals surface area contributed by atoms with Crippen molar-refractivity contribution in [3.63, 3.8) is 0 Å². The van der Waals surface area contributed by atoms with Crippen molar-refractivity contribution in [3.8, 4) is 0 Å². The Morgan fingerprint density at radius 1 is 1.24 bits per heavy atom. The molecule has 1 rings (SSSR count). The van der Waals surface area contributed by atoms with Crippen LogP contribution in [0.15, 0.2) is 12.1 Å². The number of benzene rings is 1. The van der Waals surface area contributed by atoms with Gasteiger partial charge in [0.05, 0.1) is 12.7 Å². The normalized spacial score (nSPS) is 10.4. The van der Waals surface area contributed by atoms with Gasteiger partial charge < -0.3 is 9.47 Å². The molecule has 0 amide bonds. The first-order chi connectivity index (χ1) is 8.10. The summed E-state index contributed by atoms with van der Waals surface area (Å²) < 4.78 is 9.81. The minimum absolute atomic E-state index is 0.265. The summed E-state index contributed by atoms with van der Waals surface area (Å²) in [6.07, 6.45) is 1.87. The molecule has 0 saturated carbocycles. The van der Waals surface area contributed by atoms with E-state index in [0.29, 0.717) is 5.56 Å². The third kappa shape index (κ3) is 3.56. The molecule has 0 aliphatic rings. The van der Waals surface area contributed by atoms with Gasteiger partial charge >= 0.3 is 5.97 Å². The van der Waals surface area contributed by atoms with Gasteiger partial charge in [-0.05, 0) is 49.4 Å². The Morgan fingerprint density at radius 3 is 2.53 bits per heavy atom. The van der Waals surface area contributed by atoms with Crippen LogP contribution >= 0.6 is 0 Å². The molecular formula is C14H20O3. The van der Waals surface area contributed by atoms with Crippen molar-refractivity contribution >= 4 is 5.97 Å². The molecule has 0 saturated heterocycles. The number of carbonyl (C=O) groups is 1. The van der Waals surface area contributed by atoms with Crippen LogP contribution < -0.4 is 0 Å². The summed E-state index contributed by atoms with van der Waals surface area (Å²) in [4.78, 5) is 11.6. The van der Waals surface area contributed by atoms with Crippen LogP contribution in [0.2, 0.25) is 0 Å². The highest BCUT2D eigenvalue weighted by atomic mass is 16.5. The number of hydrogen-bond acceptors (Lipinski definition) is 3. The van der Waals surface area contributed by atoms with Crippen molar-refractivity contribution in [3.05, 3.63) is 34.4 Å². The molecule has 0 fully saturated rings. The lowest BCUT2D eigenvalue weighted by Gasteiger charge is -2.10. The van der Waals surface area contributed by atoms with Crippen molar-refractivity contribution in [2.75, 3.05) is 20.8 Å². The molecule has 0 aromatic heterocycles. The topological polar surface area (TPSA) is 35.5 Å². The van der Waals surface area contributed by atoms with E-state index in [-0.39, 0.29) is 5.97 Å². The van der Waals surface area contributed by atoms with Crippen LogP contribution in [0.25, 0.3) is 0 Å². The Morgan fingerprint density at radius 2 is 1.94 bits per heavy atom. The number of methoxy groups -OCH3 is 2. The summed E-state index contributed by atoms with van der Waals surface area (Å²) in [6, 6.07) is 4.04. The van der Waals surface area contributed by atoms with Crippen LogP contribution in [0.5, 0.6) is 0 Å². The fourth-order valence-corrected chi connectivity index (χ4v) is 1.82. The van der Waals surface area contributed by atoms with Crippen LogP contribution in [0.1, 0.15) is 33.5 Å². The van der Waals surface area contributed by atoms with Gasteiger partial charge in [-0.3, -0.25) is 0 Å². The lowest BCUT2D eigenvalue weighted by molar-refractivity contribution is 0.0599. The largest absolute Gasteiger partial charge is 0.465 e. The van der Waals surface area contributed by atoms with Crippen molar-refractivity contribution < 1.29 is 14.3 Å². The third-order valence-corrected chi connectivity index (χ3v) is 2.95. The van der Waals surface area contributed by atoms with E-state index in [4.69, 9.17) is 9.47 Å². The van der Waals surface area contributed by atoms with E-state index in [2.05, 4.69) is 6.07 Å². The average Bonchev–Trinajstić information content (AvgIpc) is 2.32. The number of rotatable bonds is 5. The van der Waals surface area contributed by atoms with E-state index in [0.717, 1.165) is 36.1 Å². The van der Waals surface area contributed by atoms with Crippen LogP contribution in [0.4, 0.5) is 0 Å². The van der Waals surface area contributed by atoms with Crippen molar-refractivity contribution in [1.29, 1.82) is 0 Å². The van der Waals surface area contributed by atoms with Gasteiger partial charge in [0.2, 0.25) is 0 Å². The second-order valence-corrected chi connectivity index (χ2v) is 4.17. The lowest BCUT2D eigenvalue weighted by atomic mass is 9.97. The van der Waals surface area contributed by atoms with Gasteiger partial charge in [-0.25, -0.2) is 4.79 Å². The van der Waals surface area contributed by atoms with Gasteiger partial charge in [0.25, 0.3) is 0 Å². The van der Waals surface area contributed by atoms with Gasteiger partial charge in [0, 0.05) is 13.7 Å². The van der Waals surface area contributed by atoms with Crippen molar-refractivity contribution in [2.45, 2.75) is 26.7 Å². The second kappa shape index (κ2) is 6.40. The zero-order valence-corrected chi connectivity index (χ0v) is 11.0. The zero-order chi connectivity index (χ0) is 12.8. The Kier molecular flexibility index (Phi) is 5.16. The van der Waals surface area contributed by atoms with Crippen molar-refractivity contribution in [1.82, 2.24) is 0 Å². The Labute approximate surface area is 103 Å². The number of aryl methyl sites for hydroxylation is 2. The zero-order valence-electron chi connectivity index (χ0n) is 11.0. The summed E-state index contributed by atoms with van der Waals surface area (Å²) in [5.41, 5.74) is 3.94. The summed E-state index contributed by atoms with van der Waals surface area (Å²) in [7, 11) is 3.11. The molecule has 0 atom stereocenters. The van der Waals surface area contributed by atoms with Crippen LogP contribution in [0.3, 0.4) is 0 Å². The Bertz CT molecular complexity index is 397. The molecule has 1 aromatic carbocycles. The lowest BCUT2D eigenvalue weighted by Crippen LogP contribution is -2.06. The Balaban J connectivity index is 2.93. The number of carbonyl (C=O) groups excluding carboxylic acids is 1. The van der Waals surface area contributed by atoms with Gasteiger partial charge in [-0.2, -0.15) is 0 Å². The number of hydrogen-bond donors (Lipinski definition) is 0. The first-order valence-electron chi connectivity index (χ1n) is 5.77. The summed E-state index contributed by atoms with van der Waals surface area (Å²) >= 11 is 0. The molecular weight excluding hydrogens is 216 g/mol. The molecule has 0 radical (unpaired) electrons. The predicted molar refractivity (Wildman–Crippen MR) is 67.5 cm³/mol. The van der Waals surface area contributed by atoms with E-state index >= 15 is 0 Å². The summed E-state index contributed by atoms with van der Waals surface area (Å²) in [6.45, 7) is 4.70. The van der Waals surface area contributed by atoms with Crippen molar-refractivity contribution in [2.24, 2.45) is 0 Å². The molecule has 0 spiro atoms. The van der Waals surface area contributed by atoms with E-state index in [1.54, 1.807) is 7.11 Å². The van der Waals surface area contributed by atoms with E-state index < -0.39 is 0 Å². The van der Waals surface area contributed by atoms with Gasteiger partial charge in [0.15, 0.2) is 0 Å². The maximum Gasteiger partial charge on any atom is 0.338 e. The second-order valence-electron chi connectivity index (χ2n) is 4.17. The fourth-order valence-electron chi connectivity index (χ4n) is 1.82. The third-order valence-electron chi connectivity index (χ3n) is 2.95. The SMILES string of the molecule is COCCCc1cc(C)c(C)c(C(=O)OC)c1. The molecule has 17 heavy (non-hydrogen) atoms. The van der Waals surface area contributed by atoms with Crippen LogP contribution in [-0.2, 0) is 15.9 Å². The van der Waals surface area contributed by atoms with Crippen LogP contribution in [-0.4, -0.2) is 26.8 Å². The maximum absolute atomic E-state index is 11.6. The van der Waals surface area contributed by atoms with Crippen LogP contribution in [0, 0.1) is 13.8 Å². The summed E-state index contributed by atoms with van der Waals surface area (Å²) in [5, 5.41) is 0. The number of esters is 1. The molecule has 0 bridgehead atoms. The van der Waals surface area contributed by atoms with Gasteiger partial charge in [-0.15, -0.1) is 0 Å². The molecule has 0 heterocycles. The molecule has 1 aromatic rings.